The fraction of sp³-hybridized carbons (Fsp3) is 0.417. The Balaban J connectivity index is 1.67. The number of amides is 2. The lowest BCUT2D eigenvalue weighted by molar-refractivity contribution is 0.1000. The van der Waals surface area contributed by atoms with Crippen LogP contribution in [0, 0.1) is 18.7 Å². The number of aryl methyl sites for hydroxylation is 1. The molecule has 0 aromatic carbocycles. The summed E-state index contributed by atoms with van der Waals surface area (Å²) in [6.07, 6.45) is 8.35. The van der Waals surface area contributed by atoms with Gasteiger partial charge >= 0.3 is 6.09 Å². The second kappa shape index (κ2) is 11.2. The molecule has 1 aliphatic rings. The molecule has 0 bridgehead atoms. The third-order valence-corrected chi connectivity index (χ3v) is 6.55. The van der Waals surface area contributed by atoms with Crippen LogP contribution in [0.15, 0.2) is 30.7 Å². The van der Waals surface area contributed by atoms with Gasteiger partial charge in [-0.2, -0.15) is 10.2 Å². The lowest BCUT2D eigenvalue weighted by atomic mass is 9.81. The Morgan fingerprint density at radius 2 is 1.86 bits per heavy atom. The van der Waals surface area contributed by atoms with Crippen LogP contribution in [0.5, 0.6) is 0 Å². The number of halogens is 1. The van der Waals surface area contributed by atoms with Crippen LogP contribution in [0.25, 0.3) is 5.69 Å². The molecule has 37 heavy (non-hydrogen) atoms. The van der Waals surface area contributed by atoms with Crippen molar-refractivity contribution >= 4 is 29.3 Å². The maximum atomic E-state index is 15.2. The minimum atomic E-state index is -1.16. The second-order valence-corrected chi connectivity index (χ2v) is 9.16. The van der Waals surface area contributed by atoms with Crippen LogP contribution >= 0.6 is 0 Å². The van der Waals surface area contributed by atoms with Gasteiger partial charge in [0, 0.05) is 6.04 Å². The SMILES string of the molecule is Cc1ncc(Nc2nc(N[C@H](C3CCCCC3)[C@H](C)NC(=O)O)c(F)cc2C(N)=O)cc1-n1nccn1. The molecular weight excluding hydrogens is 481 g/mol. The van der Waals surface area contributed by atoms with Gasteiger partial charge in [0.25, 0.3) is 5.91 Å². The molecule has 0 radical (unpaired) electrons. The highest BCUT2D eigenvalue weighted by atomic mass is 19.1. The summed E-state index contributed by atoms with van der Waals surface area (Å²) >= 11 is 0. The molecule has 3 heterocycles. The molecule has 1 saturated carbocycles. The van der Waals surface area contributed by atoms with E-state index in [2.05, 4.69) is 36.1 Å². The summed E-state index contributed by atoms with van der Waals surface area (Å²) in [6, 6.07) is 1.81. The molecule has 1 aliphatic carbocycles. The molecule has 0 unspecified atom stereocenters. The van der Waals surface area contributed by atoms with Crippen LogP contribution in [0.4, 0.5) is 26.5 Å². The Bertz CT molecular complexity index is 1260. The third-order valence-electron chi connectivity index (χ3n) is 6.55. The molecule has 12 nitrogen and oxygen atoms in total. The van der Waals surface area contributed by atoms with E-state index >= 15 is 4.39 Å². The van der Waals surface area contributed by atoms with Crippen molar-refractivity contribution in [2.45, 2.75) is 58.0 Å². The number of carbonyl (C=O) groups excluding carboxylic acids is 1. The fourth-order valence-electron chi connectivity index (χ4n) is 4.73. The van der Waals surface area contributed by atoms with Crippen molar-refractivity contribution in [3.8, 4) is 5.69 Å². The number of carbonyl (C=O) groups is 2. The Kier molecular flexibility index (Phi) is 7.80. The molecule has 196 valence electrons. The zero-order chi connectivity index (χ0) is 26.5. The molecule has 1 fully saturated rings. The van der Waals surface area contributed by atoms with Crippen LogP contribution in [-0.2, 0) is 0 Å². The summed E-state index contributed by atoms with van der Waals surface area (Å²) < 4.78 is 15.2. The van der Waals surface area contributed by atoms with Gasteiger partial charge in [0.1, 0.15) is 11.5 Å². The Morgan fingerprint density at radius 3 is 2.51 bits per heavy atom. The van der Waals surface area contributed by atoms with Gasteiger partial charge in [-0.3, -0.25) is 9.78 Å². The number of rotatable bonds is 9. The van der Waals surface area contributed by atoms with Gasteiger partial charge in [-0.1, -0.05) is 19.3 Å². The molecule has 0 spiro atoms. The average molecular weight is 512 g/mol. The summed E-state index contributed by atoms with van der Waals surface area (Å²) in [5.41, 5.74) is 7.09. The lowest BCUT2D eigenvalue weighted by Crippen LogP contribution is -2.49. The summed E-state index contributed by atoms with van der Waals surface area (Å²) in [6.45, 7) is 3.53. The second-order valence-electron chi connectivity index (χ2n) is 9.16. The van der Waals surface area contributed by atoms with Crippen molar-refractivity contribution in [1.82, 2.24) is 30.3 Å². The first-order valence-electron chi connectivity index (χ1n) is 12.1. The van der Waals surface area contributed by atoms with E-state index in [9.17, 15) is 14.7 Å². The van der Waals surface area contributed by atoms with E-state index in [1.165, 1.54) is 23.4 Å². The topological polar surface area (TPSA) is 173 Å². The molecule has 0 saturated heterocycles. The van der Waals surface area contributed by atoms with E-state index in [1.807, 2.05) is 0 Å². The number of hydrogen-bond acceptors (Lipinski definition) is 8. The average Bonchev–Trinajstić information content (AvgIpc) is 3.40. The molecule has 2 atom stereocenters. The smallest absolute Gasteiger partial charge is 0.404 e. The Labute approximate surface area is 212 Å². The number of nitrogens with one attached hydrogen (secondary N) is 3. The summed E-state index contributed by atoms with van der Waals surface area (Å²) in [5, 5.41) is 26.1. The highest BCUT2D eigenvalue weighted by Crippen LogP contribution is 2.31. The van der Waals surface area contributed by atoms with Gasteiger partial charge in [-0.15, -0.1) is 4.80 Å². The molecule has 2 amide bonds. The lowest BCUT2D eigenvalue weighted by Gasteiger charge is -2.35. The van der Waals surface area contributed by atoms with Crippen LogP contribution in [0.3, 0.4) is 0 Å². The molecule has 6 N–H and O–H groups in total. The van der Waals surface area contributed by atoms with E-state index in [1.54, 1.807) is 19.9 Å². The molecule has 3 aromatic rings. The van der Waals surface area contributed by atoms with Gasteiger partial charge in [-0.25, -0.2) is 14.2 Å². The van der Waals surface area contributed by atoms with Crippen LogP contribution in [-0.4, -0.2) is 54.2 Å². The standard InChI is InChI=1S/C24H30FN9O3/c1-13-19(34-28-8-9-29-34)10-16(12-27-13)31-22-17(21(26)35)11-18(25)23(33-22)32-20(14(2)30-24(36)37)15-6-4-3-5-7-15/h8-12,14-15,20,30H,3-7H2,1-2H3,(H2,26,35)(H,36,37)(H2,31,32,33)/t14-,20-/m0/s1. The maximum absolute atomic E-state index is 15.2. The van der Waals surface area contributed by atoms with Gasteiger partial charge in [0.2, 0.25) is 0 Å². The minimum absolute atomic E-state index is 0.0302. The highest BCUT2D eigenvalue weighted by Gasteiger charge is 2.31. The first kappa shape index (κ1) is 25.8. The Morgan fingerprint density at radius 1 is 1.16 bits per heavy atom. The van der Waals surface area contributed by atoms with E-state index in [4.69, 9.17) is 5.73 Å². The fourth-order valence-corrected chi connectivity index (χ4v) is 4.73. The van der Waals surface area contributed by atoms with Crippen molar-refractivity contribution in [2.75, 3.05) is 10.6 Å². The van der Waals surface area contributed by atoms with Crippen LogP contribution in [0.1, 0.15) is 55.1 Å². The Hall–Kier alpha value is -4.29. The number of aromatic nitrogens is 5. The van der Waals surface area contributed by atoms with Crippen molar-refractivity contribution in [3.63, 3.8) is 0 Å². The minimum Gasteiger partial charge on any atom is -0.465 e. The molecule has 4 rings (SSSR count). The van der Waals surface area contributed by atoms with Crippen LogP contribution < -0.4 is 21.7 Å². The number of primary amides is 1. The van der Waals surface area contributed by atoms with E-state index in [-0.39, 0.29) is 23.1 Å². The largest absolute Gasteiger partial charge is 0.465 e. The molecule has 13 heteroatoms. The quantitative estimate of drug-likeness (QED) is 0.289. The van der Waals surface area contributed by atoms with Gasteiger partial charge in [0.15, 0.2) is 11.6 Å². The first-order valence-corrected chi connectivity index (χ1v) is 12.1. The summed E-state index contributed by atoms with van der Waals surface area (Å²) in [7, 11) is 0. The number of carboxylic acid groups (broad SMARTS) is 1. The predicted octanol–water partition coefficient (Wildman–Crippen LogP) is 3.36. The van der Waals surface area contributed by atoms with Crippen molar-refractivity contribution in [3.05, 3.63) is 47.8 Å². The van der Waals surface area contributed by atoms with Crippen molar-refractivity contribution < 1.29 is 19.1 Å². The van der Waals surface area contributed by atoms with E-state index < -0.39 is 29.9 Å². The number of anilines is 3. The van der Waals surface area contributed by atoms with E-state index in [0.717, 1.165) is 38.2 Å². The molecule has 3 aromatic heterocycles. The first-order chi connectivity index (χ1) is 17.7. The highest BCUT2D eigenvalue weighted by molar-refractivity contribution is 5.98. The maximum Gasteiger partial charge on any atom is 0.404 e. The van der Waals surface area contributed by atoms with Crippen molar-refractivity contribution in [2.24, 2.45) is 11.7 Å². The zero-order valence-electron chi connectivity index (χ0n) is 20.6. The number of nitrogens with two attached hydrogens (primary N) is 1. The molecule has 0 aliphatic heterocycles. The van der Waals surface area contributed by atoms with Gasteiger partial charge in [0.05, 0.1) is 41.6 Å². The normalized spacial score (nSPS) is 15.5. The van der Waals surface area contributed by atoms with Crippen LogP contribution in [0.2, 0.25) is 0 Å². The van der Waals surface area contributed by atoms with Crippen molar-refractivity contribution in [1.29, 1.82) is 0 Å². The number of nitrogens with zero attached hydrogens (tertiary/aromatic N) is 5. The number of pyridine rings is 2. The molecular formula is C24H30FN9O3. The van der Waals surface area contributed by atoms with E-state index in [0.29, 0.717) is 17.1 Å². The third kappa shape index (κ3) is 6.11. The van der Waals surface area contributed by atoms with Gasteiger partial charge < -0.3 is 26.8 Å². The summed E-state index contributed by atoms with van der Waals surface area (Å²) in [5.74, 6) is -1.60. The monoisotopic (exact) mass is 511 g/mol. The predicted molar refractivity (Wildman–Crippen MR) is 134 cm³/mol. The van der Waals surface area contributed by atoms with Gasteiger partial charge in [-0.05, 0) is 44.7 Å². The number of hydrogen-bond donors (Lipinski definition) is 5. The zero-order valence-corrected chi connectivity index (χ0v) is 20.6. The summed E-state index contributed by atoms with van der Waals surface area (Å²) in [4.78, 5) is 33.6.